The van der Waals surface area contributed by atoms with Crippen LogP contribution in [0.4, 0.5) is 5.69 Å². The monoisotopic (exact) mass is 394 g/mol. The summed E-state index contributed by atoms with van der Waals surface area (Å²) in [5.74, 6) is -1.04. The number of aromatic carboxylic acids is 1. The molecule has 0 saturated carbocycles. The van der Waals surface area contributed by atoms with Gasteiger partial charge in [0.25, 0.3) is 0 Å². The second-order valence-electron chi connectivity index (χ2n) is 6.07. The van der Waals surface area contributed by atoms with Crippen molar-refractivity contribution in [3.63, 3.8) is 0 Å². The van der Waals surface area contributed by atoms with E-state index in [1.807, 2.05) is 37.3 Å². The van der Waals surface area contributed by atoms with Gasteiger partial charge in [-0.25, -0.2) is 4.79 Å². The second-order valence-corrected chi connectivity index (χ2v) is 7.75. The molecule has 0 spiro atoms. The van der Waals surface area contributed by atoms with Crippen LogP contribution in [-0.2, 0) is 0 Å². The molecule has 0 bridgehead atoms. The summed E-state index contributed by atoms with van der Waals surface area (Å²) in [5.41, 5.74) is 4.28. The van der Waals surface area contributed by atoms with Gasteiger partial charge < -0.3 is 10.2 Å². The van der Waals surface area contributed by atoms with Crippen LogP contribution in [0, 0.1) is 10.9 Å². The standard InChI is InChI=1S/C20H14N2O3S2/c1-11-6-7-12(19(24)25)8-16(11)22-18(23)17(27-20(22)26)9-13-10-21-15-5-3-2-4-14(13)15/h2-10,23H,1H3,(H,24,25)/b13-9+. The molecular weight excluding hydrogens is 380 g/mol. The number of hydrogen-bond acceptors (Lipinski definition) is 5. The van der Waals surface area contributed by atoms with Crippen LogP contribution in [0.25, 0.3) is 17.3 Å². The normalized spacial score (nSPS) is 13.9. The molecule has 0 amide bonds. The third-order valence-corrected chi connectivity index (χ3v) is 5.66. The molecule has 3 aromatic rings. The van der Waals surface area contributed by atoms with Gasteiger partial charge in [0.2, 0.25) is 5.88 Å². The maximum absolute atomic E-state index is 11.3. The van der Waals surface area contributed by atoms with Crippen molar-refractivity contribution in [2.45, 2.75) is 6.92 Å². The van der Waals surface area contributed by atoms with Crippen LogP contribution >= 0.6 is 23.6 Å². The molecule has 0 aliphatic carbocycles. The Hall–Kier alpha value is -3.03. The minimum atomic E-state index is -1.03. The number of rotatable bonds is 3. The van der Waals surface area contributed by atoms with Crippen LogP contribution in [0.2, 0.25) is 0 Å². The highest BCUT2D eigenvalue weighted by molar-refractivity contribution is 7.73. The van der Waals surface area contributed by atoms with Gasteiger partial charge in [-0.05, 0) is 49.0 Å². The number of carboxylic acid groups (broad SMARTS) is 1. The van der Waals surface area contributed by atoms with Crippen LogP contribution in [0.5, 0.6) is 5.88 Å². The van der Waals surface area contributed by atoms with E-state index in [9.17, 15) is 15.0 Å². The number of carbonyl (C=O) groups is 1. The first-order valence-corrected chi connectivity index (χ1v) is 9.32. The number of nitrogens with zero attached hydrogens (tertiary/aromatic N) is 2. The largest absolute Gasteiger partial charge is 0.493 e. The highest BCUT2D eigenvalue weighted by Gasteiger charge is 2.18. The smallest absolute Gasteiger partial charge is 0.335 e. The minimum absolute atomic E-state index is 0.0130. The van der Waals surface area contributed by atoms with Crippen molar-refractivity contribution in [1.29, 1.82) is 0 Å². The SMILES string of the molecule is Cc1ccc(C(=O)O)cc1-n1c(O)c(/C=C2\C=Nc3ccccc32)sc1=S. The summed E-state index contributed by atoms with van der Waals surface area (Å²) in [7, 11) is 0. The number of para-hydroxylation sites is 1. The summed E-state index contributed by atoms with van der Waals surface area (Å²) >= 11 is 6.70. The number of fused-ring (bicyclic) bond motifs is 1. The fourth-order valence-corrected chi connectivity index (χ4v) is 4.25. The zero-order chi connectivity index (χ0) is 19.1. The van der Waals surface area contributed by atoms with E-state index in [1.54, 1.807) is 12.3 Å². The van der Waals surface area contributed by atoms with Gasteiger partial charge in [-0.15, -0.1) is 11.3 Å². The molecule has 0 unspecified atom stereocenters. The van der Waals surface area contributed by atoms with Crippen LogP contribution in [0.1, 0.15) is 26.4 Å². The summed E-state index contributed by atoms with van der Waals surface area (Å²) in [6.07, 6.45) is 3.60. The lowest BCUT2D eigenvalue weighted by atomic mass is 10.1. The van der Waals surface area contributed by atoms with E-state index in [0.717, 1.165) is 22.4 Å². The highest BCUT2D eigenvalue weighted by Crippen LogP contribution is 2.37. The molecule has 0 saturated heterocycles. The van der Waals surface area contributed by atoms with Crippen molar-refractivity contribution >= 4 is 53.1 Å². The number of benzene rings is 2. The summed E-state index contributed by atoms with van der Waals surface area (Å²) in [6, 6.07) is 12.5. The molecule has 0 fully saturated rings. The van der Waals surface area contributed by atoms with Crippen molar-refractivity contribution < 1.29 is 15.0 Å². The second kappa shape index (κ2) is 6.61. The number of thiazole rings is 1. The maximum atomic E-state index is 11.3. The Labute approximate surface area is 164 Å². The quantitative estimate of drug-likeness (QED) is 0.596. The van der Waals surface area contributed by atoms with E-state index >= 15 is 0 Å². The van der Waals surface area contributed by atoms with E-state index in [-0.39, 0.29) is 11.4 Å². The van der Waals surface area contributed by atoms with Crippen LogP contribution < -0.4 is 0 Å². The predicted octanol–water partition coefficient (Wildman–Crippen LogP) is 5.24. The topological polar surface area (TPSA) is 74.8 Å². The van der Waals surface area contributed by atoms with E-state index in [1.165, 1.54) is 28.0 Å². The van der Waals surface area contributed by atoms with Gasteiger partial charge >= 0.3 is 5.97 Å². The molecule has 1 aliphatic heterocycles. The number of hydrogen-bond donors (Lipinski definition) is 2. The molecular formula is C20H14N2O3S2. The number of aromatic nitrogens is 1. The molecule has 27 heavy (non-hydrogen) atoms. The third kappa shape index (κ3) is 3.01. The number of aromatic hydroxyl groups is 1. The molecule has 1 aliphatic rings. The van der Waals surface area contributed by atoms with Gasteiger partial charge in [0.1, 0.15) is 0 Å². The summed E-state index contributed by atoms with van der Waals surface area (Å²) in [4.78, 5) is 16.3. The van der Waals surface area contributed by atoms with E-state index < -0.39 is 5.97 Å². The molecule has 2 aromatic carbocycles. The molecule has 0 radical (unpaired) electrons. The van der Waals surface area contributed by atoms with Gasteiger partial charge in [-0.3, -0.25) is 9.56 Å². The van der Waals surface area contributed by atoms with E-state index in [4.69, 9.17) is 12.2 Å². The van der Waals surface area contributed by atoms with Crippen molar-refractivity contribution in [2.75, 3.05) is 0 Å². The van der Waals surface area contributed by atoms with Crippen molar-refractivity contribution in [2.24, 2.45) is 4.99 Å². The average Bonchev–Trinajstić information content (AvgIpc) is 3.17. The summed E-state index contributed by atoms with van der Waals surface area (Å²) in [5, 5.41) is 20.0. The van der Waals surface area contributed by atoms with Gasteiger partial charge in [-0.2, -0.15) is 0 Å². The van der Waals surface area contributed by atoms with Crippen LogP contribution in [0.3, 0.4) is 0 Å². The summed E-state index contributed by atoms with van der Waals surface area (Å²) < 4.78 is 1.94. The summed E-state index contributed by atoms with van der Waals surface area (Å²) in [6.45, 7) is 1.85. The Balaban J connectivity index is 1.84. The number of aliphatic imine (C=N–C) groups is 1. The van der Waals surface area contributed by atoms with Gasteiger partial charge in [0, 0.05) is 17.4 Å². The zero-order valence-corrected chi connectivity index (χ0v) is 15.8. The molecule has 2 N–H and O–H groups in total. The van der Waals surface area contributed by atoms with Crippen molar-refractivity contribution in [1.82, 2.24) is 4.57 Å². The van der Waals surface area contributed by atoms with Crippen LogP contribution in [0.15, 0.2) is 47.5 Å². The molecule has 7 heteroatoms. The molecule has 1 aromatic heterocycles. The highest BCUT2D eigenvalue weighted by atomic mass is 32.1. The van der Waals surface area contributed by atoms with E-state index in [2.05, 4.69) is 4.99 Å². The Bertz CT molecular complexity index is 1200. The molecule has 5 nitrogen and oxygen atoms in total. The lowest BCUT2D eigenvalue weighted by Gasteiger charge is -2.09. The first-order valence-electron chi connectivity index (χ1n) is 8.10. The lowest BCUT2D eigenvalue weighted by molar-refractivity contribution is 0.0697. The van der Waals surface area contributed by atoms with Gasteiger partial charge in [0.05, 0.1) is 21.8 Å². The van der Waals surface area contributed by atoms with Gasteiger partial charge in [0.15, 0.2) is 3.95 Å². The predicted molar refractivity (Wildman–Crippen MR) is 110 cm³/mol. The molecule has 0 atom stereocenters. The minimum Gasteiger partial charge on any atom is -0.493 e. The fraction of sp³-hybridized carbons (Fsp3) is 0.0500. The first-order chi connectivity index (χ1) is 13.0. The van der Waals surface area contributed by atoms with E-state index in [0.29, 0.717) is 14.5 Å². The molecule has 4 rings (SSSR count). The van der Waals surface area contributed by atoms with Gasteiger partial charge in [-0.1, -0.05) is 24.3 Å². The third-order valence-electron chi connectivity index (χ3n) is 4.35. The Morgan fingerprint density at radius 2 is 2.04 bits per heavy atom. The molecule has 134 valence electrons. The Morgan fingerprint density at radius 3 is 2.81 bits per heavy atom. The van der Waals surface area contributed by atoms with Crippen molar-refractivity contribution in [3.05, 3.63) is 68.0 Å². The van der Waals surface area contributed by atoms with Crippen molar-refractivity contribution in [3.8, 4) is 11.6 Å². The maximum Gasteiger partial charge on any atom is 0.335 e. The first kappa shape index (κ1) is 17.4. The number of allylic oxidation sites excluding steroid dienone is 1. The number of carboxylic acids is 1. The Morgan fingerprint density at radius 1 is 1.26 bits per heavy atom. The van der Waals surface area contributed by atoms with Crippen LogP contribution in [-0.4, -0.2) is 27.0 Å². The number of aryl methyl sites for hydroxylation is 1. The lowest BCUT2D eigenvalue weighted by Crippen LogP contribution is -2.02. The zero-order valence-electron chi connectivity index (χ0n) is 14.2. The molecule has 2 heterocycles. The Kier molecular flexibility index (Phi) is 4.25. The fourth-order valence-electron chi connectivity index (χ4n) is 2.97. The average molecular weight is 394 g/mol.